The molecule has 0 bridgehead atoms. The summed E-state index contributed by atoms with van der Waals surface area (Å²) in [6.45, 7) is 2.18. The van der Waals surface area contributed by atoms with E-state index in [4.69, 9.17) is 0 Å². The molecular weight excluding hydrogens is 280 g/mol. The van der Waals surface area contributed by atoms with Crippen LogP contribution < -0.4 is 0 Å². The zero-order valence-electron chi connectivity index (χ0n) is 13.0. The topological polar surface area (TPSA) is 47.6 Å². The Morgan fingerprint density at radius 1 is 1.13 bits per heavy atom. The van der Waals surface area contributed by atoms with Crippen molar-refractivity contribution in [3.05, 3.63) is 82.5 Å². The van der Waals surface area contributed by atoms with E-state index in [1.54, 1.807) is 0 Å². The third-order valence-corrected chi connectivity index (χ3v) is 5.39. The molecule has 0 N–H and O–H groups in total. The van der Waals surface area contributed by atoms with Crippen molar-refractivity contribution in [1.82, 2.24) is 0 Å². The molecule has 0 aromatic heterocycles. The van der Waals surface area contributed by atoms with Crippen LogP contribution in [0.1, 0.15) is 24.8 Å². The van der Waals surface area contributed by atoms with Gasteiger partial charge in [0.05, 0.1) is 17.7 Å². The highest BCUT2D eigenvalue weighted by Gasteiger charge is 2.51. The first-order valence-corrected chi connectivity index (χ1v) is 7.93. The summed E-state index contributed by atoms with van der Waals surface area (Å²) in [5.74, 6) is 0.439. The van der Waals surface area contributed by atoms with Crippen molar-refractivity contribution in [2.75, 3.05) is 0 Å². The van der Waals surface area contributed by atoms with E-state index in [1.165, 1.54) is 11.1 Å². The molecule has 23 heavy (non-hydrogen) atoms. The first kappa shape index (κ1) is 13.8. The minimum Gasteiger partial charge on any atom is -0.197 e. The SMILES string of the molecule is C[C@@H]1C=CC2=C(C#N)C=C[C@@]3(C#N)C2=C1C[C@H]3c1ccccc1. The van der Waals surface area contributed by atoms with Gasteiger partial charge in [0.1, 0.15) is 5.41 Å². The lowest BCUT2D eigenvalue weighted by atomic mass is 9.66. The molecule has 1 aromatic carbocycles. The van der Waals surface area contributed by atoms with Gasteiger partial charge in [0, 0.05) is 5.92 Å². The standard InChI is InChI=1S/C21H16N2/c1-14-7-8-17-16(12-22)9-10-21(13-23)19(11-18(14)20(17)21)15-5-3-2-4-6-15/h2-10,14,19H,11H2,1H3/t14-,19+,21+/m1/s1. The van der Waals surface area contributed by atoms with E-state index < -0.39 is 5.41 Å². The van der Waals surface area contributed by atoms with Crippen molar-refractivity contribution in [2.45, 2.75) is 19.3 Å². The average Bonchev–Trinajstić information content (AvgIpc) is 2.96. The van der Waals surface area contributed by atoms with Crippen molar-refractivity contribution < 1.29 is 0 Å². The Morgan fingerprint density at radius 3 is 2.61 bits per heavy atom. The summed E-state index contributed by atoms with van der Waals surface area (Å²) in [6.07, 6.45) is 8.86. The van der Waals surface area contributed by atoms with Gasteiger partial charge < -0.3 is 0 Å². The van der Waals surface area contributed by atoms with Gasteiger partial charge in [0.15, 0.2) is 0 Å². The van der Waals surface area contributed by atoms with Crippen LogP contribution >= 0.6 is 0 Å². The van der Waals surface area contributed by atoms with Gasteiger partial charge in [-0.3, -0.25) is 0 Å². The molecule has 0 radical (unpaired) electrons. The second kappa shape index (κ2) is 4.83. The molecule has 3 aliphatic carbocycles. The molecule has 0 amide bonds. The Morgan fingerprint density at radius 2 is 1.91 bits per heavy atom. The number of nitriles is 2. The number of benzene rings is 1. The van der Waals surface area contributed by atoms with E-state index in [1.807, 2.05) is 36.4 Å². The second-order valence-electron chi connectivity index (χ2n) is 6.47. The van der Waals surface area contributed by atoms with Crippen LogP contribution in [-0.4, -0.2) is 0 Å². The van der Waals surface area contributed by atoms with E-state index in [2.05, 4.69) is 37.3 Å². The van der Waals surface area contributed by atoms with E-state index in [9.17, 15) is 10.5 Å². The number of hydrogen-bond acceptors (Lipinski definition) is 2. The maximum atomic E-state index is 10.1. The maximum absolute atomic E-state index is 10.1. The van der Waals surface area contributed by atoms with Gasteiger partial charge in [-0.2, -0.15) is 10.5 Å². The summed E-state index contributed by atoms with van der Waals surface area (Å²) in [5, 5.41) is 19.5. The van der Waals surface area contributed by atoms with Crippen LogP contribution in [0.25, 0.3) is 0 Å². The minimum atomic E-state index is -0.647. The summed E-state index contributed by atoms with van der Waals surface area (Å²) in [6, 6.07) is 15.2. The fourth-order valence-corrected chi connectivity index (χ4v) is 4.24. The van der Waals surface area contributed by atoms with Crippen LogP contribution in [0, 0.1) is 34.0 Å². The first-order valence-electron chi connectivity index (χ1n) is 7.93. The monoisotopic (exact) mass is 296 g/mol. The van der Waals surface area contributed by atoms with Gasteiger partial charge in [0.25, 0.3) is 0 Å². The van der Waals surface area contributed by atoms with Gasteiger partial charge in [-0.25, -0.2) is 0 Å². The van der Waals surface area contributed by atoms with Crippen molar-refractivity contribution in [1.29, 1.82) is 10.5 Å². The molecule has 0 aliphatic heterocycles. The van der Waals surface area contributed by atoms with Gasteiger partial charge in [-0.1, -0.05) is 61.1 Å². The molecule has 2 nitrogen and oxygen atoms in total. The van der Waals surface area contributed by atoms with Crippen LogP contribution in [0.3, 0.4) is 0 Å². The summed E-state index contributed by atoms with van der Waals surface area (Å²) >= 11 is 0. The zero-order valence-corrected chi connectivity index (χ0v) is 13.0. The summed E-state index contributed by atoms with van der Waals surface area (Å²) in [4.78, 5) is 0. The molecule has 0 saturated heterocycles. The molecule has 2 heteroatoms. The second-order valence-corrected chi connectivity index (χ2v) is 6.47. The van der Waals surface area contributed by atoms with Crippen molar-refractivity contribution >= 4 is 0 Å². The smallest absolute Gasteiger partial charge is 0.108 e. The first-order chi connectivity index (χ1) is 11.2. The summed E-state index contributed by atoms with van der Waals surface area (Å²) in [7, 11) is 0. The number of rotatable bonds is 1. The summed E-state index contributed by atoms with van der Waals surface area (Å²) < 4.78 is 0. The Balaban J connectivity index is 1.96. The average molecular weight is 296 g/mol. The lowest BCUT2D eigenvalue weighted by Crippen LogP contribution is -2.27. The molecule has 0 heterocycles. The van der Waals surface area contributed by atoms with E-state index in [0.717, 1.165) is 17.6 Å². The van der Waals surface area contributed by atoms with Gasteiger partial charge in [-0.15, -0.1) is 0 Å². The predicted octanol–water partition coefficient (Wildman–Crippen LogP) is 4.58. The number of nitrogens with zero attached hydrogens (tertiary/aromatic N) is 2. The molecule has 1 aromatic rings. The van der Waals surface area contributed by atoms with E-state index >= 15 is 0 Å². The Kier molecular flexibility index (Phi) is 2.90. The third kappa shape index (κ3) is 1.73. The molecule has 0 spiro atoms. The number of allylic oxidation sites excluding steroid dienone is 8. The van der Waals surface area contributed by atoms with Crippen molar-refractivity contribution in [2.24, 2.45) is 11.3 Å². The molecule has 0 unspecified atom stereocenters. The fraction of sp³-hybridized carbons (Fsp3) is 0.238. The molecule has 3 atom stereocenters. The largest absolute Gasteiger partial charge is 0.197 e. The third-order valence-electron chi connectivity index (χ3n) is 5.39. The van der Waals surface area contributed by atoms with Crippen LogP contribution in [-0.2, 0) is 0 Å². The lowest BCUT2D eigenvalue weighted by molar-refractivity contribution is 0.503. The molecule has 110 valence electrons. The molecule has 0 fully saturated rings. The predicted molar refractivity (Wildman–Crippen MR) is 89.0 cm³/mol. The normalized spacial score (nSPS) is 30.9. The maximum Gasteiger partial charge on any atom is 0.108 e. The minimum absolute atomic E-state index is 0.118. The van der Waals surface area contributed by atoms with E-state index in [-0.39, 0.29) is 5.92 Å². The molecule has 3 aliphatic rings. The van der Waals surface area contributed by atoms with Gasteiger partial charge in [-0.05, 0) is 35.1 Å². The highest BCUT2D eigenvalue weighted by Crippen LogP contribution is 2.60. The van der Waals surface area contributed by atoms with Crippen LogP contribution in [0.5, 0.6) is 0 Å². The lowest BCUT2D eigenvalue weighted by Gasteiger charge is -2.33. The number of hydrogen-bond donors (Lipinski definition) is 0. The summed E-state index contributed by atoms with van der Waals surface area (Å²) in [5.41, 5.74) is 4.56. The fourth-order valence-electron chi connectivity index (χ4n) is 4.24. The van der Waals surface area contributed by atoms with Crippen molar-refractivity contribution in [3.8, 4) is 12.1 Å². The van der Waals surface area contributed by atoms with Crippen LogP contribution in [0.4, 0.5) is 0 Å². The zero-order chi connectivity index (χ0) is 16.0. The van der Waals surface area contributed by atoms with E-state index in [0.29, 0.717) is 11.5 Å². The quantitative estimate of drug-likeness (QED) is 0.761. The molecular formula is C21H16N2. The highest BCUT2D eigenvalue weighted by molar-refractivity contribution is 5.69. The van der Waals surface area contributed by atoms with Crippen LogP contribution in [0.15, 0.2) is 76.9 Å². The molecule has 4 rings (SSSR count). The van der Waals surface area contributed by atoms with Crippen LogP contribution in [0.2, 0.25) is 0 Å². The highest BCUT2D eigenvalue weighted by atomic mass is 14.5. The Labute approximate surface area is 136 Å². The Bertz CT molecular complexity index is 884. The van der Waals surface area contributed by atoms with Crippen molar-refractivity contribution in [3.63, 3.8) is 0 Å². The van der Waals surface area contributed by atoms with Gasteiger partial charge >= 0.3 is 0 Å². The van der Waals surface area contributed by atoms with Gasteiger partial charge in [0.2, 0.25) is 0 Å². The molecule has 0 saturated carbocycles. The Hall–Kier alpha value is -2.84.